The van der Waals surface area contributed by atoms with Gasteiger partial charge in [-0.05, 0) is 52.4 Å². The molecule has 1 atom stereocenters. The predicted molar refractivity (Wildman–Crippen MR) is 174 cm³/mol. The van der Waals surface area contributed by atoms with E-state index in [0.29, 0.717) is 39.2 Å². The monoisotopic (exact) mass is 605 g/mol. The zero-order valence-electron chi connectivity index (χ0n) is 28.2. The molecule has 2 saturated heterocycles. The normalized spacial score (nSPS) is 20.3. The Hall–Kier alpha value is -1.93. The number of carbonyl (C=O) groups excluding carboxylic acids is 3. The summed E-state index contributed by atoms with van der Waals surface area (Å²) in [6, 6.07) is 0. The van der Waals surface area contributed by atoms with Gasteiger partial charge >= 0.3 is 0 Å². The van der Waals surface area contributed by atoms with E-state index in [0.717, 1.165) is 19.3 Å². The number of carbonyl (C=O) groups is 3. The molecular formula is C35H63N3O5. The Morgan fingerprint density at radius 1 is 0.744 bits per heavy atom. The van der Waals surface area contributed by atoms with Gasteiger partial charge in [0, 0.05) is 51.0 Å². The molecule has 0 spiro atoms. The Balaban J connectivity index is 1.53. The first-order valence-electron chi connectivity index (χ1n) is 17.4. The SMILES string of the molecule is CCCCCCCCC=CCCCCCCCC(=O)N1CCCN(C(=O)CCNC(=O)C2OC(C)(C)OCC2(C)C)CC1. The summed E-state index contributed by atoms with van der Waals surface area (Å²) in [7, 11) is 0. The molecule has 0 aliphatic carbocycles. The largest absolute Gasteiger partial charge is 0.353 e. The summed E-state index contributed by atoms with van der Waals surface area (Å²) in [5, 5.41) is 2.89. The van der Waals surface area contributed by atoms with Crippen molar-refractivity contribution >= 4 is 17.7 Å². The van der Waals surface area contributed by atoms with Crippen LogP contribution in [0, 0.1) is 5.41 Å². The average Bonchev–Trinajstić information content (AvgIpc) is 3.23. The van der Waals surface area contributed by atoms with Gasteiger partial charge in [-0.1, -0.05) is 84.3 Å². The highest BCUT2D eigenvalue weighted by Gasteiger charge is 2.45. The van der Waals surface area contributed by atoms with Crippen LogP contribution in [0.3, 0.4) is 0 Å². The van der Waals surface area contributed by atoms with Crippen molar-refractivity contribution in [3.63, 3.8) is 0 Å². The lowest BCUT2D eigenvalue weighted by atomic mass is 9.85. The van der Waals surface area contributed by atoms with E-state index in [1.54, 1.807) is 13.8 Å². The molecule has 3 amide bonds. The van der Waals surface area contributed by atoms with E-state index in [2.05, 4.69) is 24.4 Å². The minimum absolute atomic E-state index is 0.0133. The molecule has 43 heavy (non-hydrogen) atoms. The molecule has 2 aliphatic rings. The van der Waals surface area contributed by atoms with Gasteiger partial charge in [-0.3, -0.25) is 14.4 Å². The highest BCUT2D eigenvalue weighted by atomic mass is 16.7. The summed E-state index contributed by atoms with van der Waals surface area (Å²) in [5.74, 6) is -0.801. The van der Waals surface area contributed by atoms with E-state index in [9.17, 15) is 14.4 Å². The molecule has 248 valence electrons. The molecular weight excluding hydrogens is 542 g/mol. The van der Waals surface area contributed by atoms with E-state index < -0.39 is 17.3 Å². The second-order valence-electron chi connectivity index (χ2n) is 13.7. The lowest BCUT2D eigenvalue weighted by Crippen LogP contribution is -2.56. The van der Waals surface area contributed by atoms with Gasteiger partial charge in [-0.2, -0.15) is 0 Å². The molecule has 0 bridgehead atoms. The number of rotatable bonds is 19. The maximum atomic E-state index is 12.9. The van der Waals surface area contributed by atoms with Crippen molar-refractivity contribution in [2.75, 3.05) is 39.3 Å². The highest BCUT2D eigenvalue weighted by Crippen LogP contribution is 2.34. The first-order valence-corrected chi connectivity index (χ1v) is 17.4. The molecule has 1 unspecified atom stereocenters. The molecule has 0 radical (unpaired) electrons. The minimum Gasteiger partial charge on any atom is -0.353 e. The maximum Gasteiger partial charge on any atom is 0.249 e. The number of allylic oxidation sites excluding steroid dienone is 2. The number of nitrogens with one attached hydrogen (secondary N) is 1. The predicted octanol–water partition coefficient (Wildman–Crippen LogP) is 6.77. The van der Waals surface area contributed by atoms with Crippen LogP contribution in [0.15, 0.2) is 12.2 Å². The van der Waals surface area contributed by atoms with Crippen LogP contribution in [-0.2, 0) is 23.9 Å². The summed E-state index contributed by atoms with van der Waals surface area (Å²) in [5.41, 5.74) is -0.450. The highest BCUT2D eigenvalue weighted by molar-refractivity contribution is 5.83. The number of hydrogen-bond donors (Lipinski definition) is 1. The van der Waals surface area contributed by atoms with Crippen molar-refractivity contribution in [1.82, 2.24) is 15.1 Å². The van der Waals surface area contributed by atoms with Gasteiger partial charge in [0.05, 0.1) is 6.61 Å². The molecule has 0 saturated carbocycles. The summed E-state index contributed by atoms with van der Waals surface area (Å²) in [4.78, 5) is 42.2. The zero-order valence-corrected chi connectivity index (χ0v) is 28.2. The number of amides is 3. The topological polar surface area (TPSA) is 88.2 Å². The van der Waals surface area contributed by atoms with Crippen molar-refractivity contribution in [1.29, 1.82) is 0 Å². The Labute approximate surface area is 262 Å². The van der Waals surface area contributed by atoms with Crippen LogP contribution in [0.1, 0.15) is 137 Å². The van der Waals surface area contributed by atoms with Crippen LogP contribution >= 0.6 is 0 Å². The van der Waals surface area contributed by atoms with Crippen molar-refractivity contribution < 1.29 is 23.9 Å². The van der Waals surface area contributed by atoms with Crippen molar-refractivity contribution in [2.45, 2.75) is 149 Å². The molecule has 2 fully saturated rings. The Morgan fingerprint density at radius 2 is 1.28 bits per heavy atom. The van der Waals surface area contributed by atoms with Crippen molar-refractivity contribution in [3.05, 3.63) is 12.2 Å². The van der Waals surface area contributed by atoms with Crippen LogP contribution in [0.4, 0.5) is 0 Å². The van der Waals surface area contributed by atoms with E-state index in [-0.39, 0.29) is 30.7 Å². The average molecular weight is 606 g/mol. The molecule has 8 heteroatoms. The van der Waals surface area contributed by atoms with Gasteiger partial charge in [0.2, 0.25) is 17.7 Å². The van der Waals surface area contributed by atoms with Gasteiger partial charge in [0.25, 0.3) is 0 Å². The van der Waals surface area contributed by atoms with E-state index in [1.165, 1.54) is 70.6 Å². The van der Waals surface area contributed by atoms with Gasteiger partial charge in [0.1, 0.15) is 6.10 Å². The third-order valence-electron chi connectivity index (χ3n) is 8.63. The van der Waals surface area contributed by atoms with E-state index >= 15 is 0 Å². The second-order valence-corrected chi connectivity index (χ2v) is 13.7. The summed E-state index contributed by atoms with van der Waals surface area (Å²) in [6.45, 7) is 12.9. The molecule has 2 aliphatic heterocycles. The Morgan fingerprint density at radius 3 is 1.88 bits per heavy atom. The van der Waals surface area contributed by atoms with Gasteiger partial charge in [-0.15, -0.1) is 0 Å². The van der Waals surface area contributed by atoms with E-state index in [1.807, 2.05) is 23.6 Å². The van der Waals surface area contributed by atoms with Crippen molar-refractivity contribution in [2.24, 2.45) is 5.41 Å². The molecule has 0 aromatic carbocycles. The number of hydrogen-bond acceptors (Lipinski definition) is 5. The van der Waals surface area contributed by atoms with E-state index in [4.69, 9.17) is 9.47 Å². The van der Waals surface area contributed by atoms with Crippen LogP contribution in [0.5, 0.6) is 0 Å². The van der Waals surface area contributed by atoms with Gasteiger partial charge in [0.15, 0.2) is 5.79 Å². The lowest BCUT2D eigenvalue weighted by Gasteiger charge is -2.44. The fourth-order valence-electron chi connectivity index (χ4n) is 5.79. The second kappa shape index (κ2) is 20.2. The third kappa shape index (κ3) is 15.1. The number of unbranched alkanes of at least 4 members (excludes halogenated alkanes) is 11. The molecule has 8 nitrogen and oxygen atoms in total. The summed E-state index contributed by atoms with van der Waals surface area (Å²) >= 11 is 0. The fraction of sp³-hybridized carbons (Fsp3) is 0.857. The lowest BCUT2D eigenvalue weighted by molar-refractivity contribution is -0.304. The van der Waals surface area contributed by atoms with Crippen LogP contribution in [0.25, 0.3) is 0 Å². The third-order valence-corrected chi connectivity index (χ3v) is 8.63. The first-order chi connectivity index (χ1) is 20.6. The van der Waals surface area contributed by atoms with Crippen LogP contribution in [0.2, 0.25) is 0 Å². The molecule has 2 heterocycles. The first kappa shape index (κ1) is 37.3. The standard InChI is InChI=1S/C35H63N3O5/c1-6-7-8-9-10-11-12-13-14-15-16-17-18-19-20-22-30(39)37-25-21-26-38(28-27-37)31(40)23-24-36-33(41)32-34(2,3)29-42-35(4,5)43-32/h13-14,32H,6-12,15-29H2,1-5H3,(H,36,41). The van der Waals surface area contributed by atoms with Gasteiger partial charge < -0.3 is 24.6 Å². The summed E-state index contributed by atoms with van der Waals surface area (Å²) in [6.07, 6.45) is 21.9. The molecule has 1 N–H and O–H groups in total. The Kier molecular flexibility index (Phi) is 17.5. The van der Waals surface area contributed by atoms with Crippen LogP contribution < -0.4 is 5.32 Å². The molecule has 0 aromatic rings. The Bertz CT molecular complexity index is 856. The number of nitrogens with zero attached hydrogens (tertiary/aromatic N) is 2. The number of ether oxygens (including phenoxy) is 2. The smallest absolute Gasteiger partial charge is 0.249 e. The molecule has 0 aromatic heterocycles. The van der Waals surface area contributed by atoms with Gasteiger partial charge in [-0.25, -0.2) is 0 Å². The maximum absolute atomic E-state index is 12.9. The van der Waals surface area contributed by atoms with Crippen LogP contribution in [-0.4, -0.2) is 78.7 Å². The van der Waals surface area contributed by atoms with Crippen molar-refractivity contribution in [3.8, 4) is 0 Å². The minimum atomic E-state index is -0.813. The zero-order chi connectivity index (χ0) is 31.6. The fourth-order valence-corrected chi connectivity index (χ4v) is 5.79. The summed E-state index contributed by atoms with van der Waals surface area (Å²) < 4.78 is 11.6. The quantitative estimate of drug-likeness (QED) is 0.130. The molecule has 2 rings (SSSR count).